The van der Waals surface area contributed by atoms with Gasteiger partial charge in [-0.2, -0.15) is 27.2 Å². The molecule has 0 aromatic heterocycles. The summed E-state index contributed by atoms with van der Waals surface area (Å²) >= 11 is 0. The molecule has 20 heavy (non-hydrogen) atoms. The Hall–Kier alpha value is -1.14. The molecule has 0 amide bonds. The Morgan fingerprint density at radius 1 is 1.25 bits per heavy atom. The van der Waals surface area contributed by atoms with Crippen LogP contribution in [0.5, 0.6) is 0 Å². The third-order valence-electron chi connectivity index (χ3n) is 1.86. The van der Waals surface area contributed by atoms with E-state index in [1.54, 1.807) is 0 Å². The molecule has 0 fully saturated rings. The number of hydrogen-bond acceptors (Lipinski definition) is 3. The van der Waals surface area contributed by atoms with Crippen molar-refractivity contribution in [1.82, 2.24) is 0 Å². The number of nitrogens with zero attached hydrogens (tertiary/aromatic N) is 1. The molecule has 0 bridgehead atoms. The van der Waals surface area contributed by atoms with Crippen LogP contribution in [0.15, 0.2) is 11.8 Å². The van der Waals surface area contributed by atoms with E-state index in [9.17, 15) is 22.0 Å². The Bertz CT molecular complexity index is 395. The molecule has 9 heteroatoms. The quantitative estimate of drug-likeness (QED) is 0.424. The van der Waals surface area contributed by atoms with Gasteiger partial charge in [0.15, 0.2) is 11.9 Å². The molecule has 1 unspecified atom stereocenters. The zero-order chi connectivity index (χ0) is 16.2. The lowest BCUT2D eigenvalue weighted by molar-refractivity contribution is -0.273. The van der Waals surface area contributed by atoms with Gasteiger partial charge in [0, 0.05) is 12.7 Å². The maximum atomic E-state index is 13.4. The third-order valence-corrected chi connectivity index (χ3v) is 2.69. The van der Waals surface area contributed by atoms with Gasteiger partial charge in [-0.1, -0.05) is 0 Å². The van der Waals surface area contributed by atoms with Crippen molar-refractivity contribution in [3.05, 3.63) is 11.8 Å². The van der Waals surface area contributed by atoms with Gasteiger partial charge in [-0.15, -0.1) is 0 Å². The summed E-state index contributed by atoms with van der Waals surface area (Å²) < 4.78 is 73.6. The van der Waals surface area contributed by atoms with Crippen molar-refractivity contribution in [3.63, 3.8) is 0 Å². The van der Waals surface area contributed by atoms with Crippen molar-refractivity contribution >= 4 is 8.32 Å². The second-order valence-electron chi connectivity index (χ2n) is 4.82. The first-order valence-corrected chi connectivity index (χ1v) is 9.13. The highest BCUT2D eigenvalue weighted by Crippen LogP contribution is 2.42. The minimum absolute atomic E-state index is 0.00740. The molecule has 0 aliphatic carbocycles. The van der Waals surface area contributed by atoms with Gasteiger partial charge >= 0.3 is 12.1 Å². The van der Waals surface area contributed by atoms with Crippen LogP contribution >= 0.6 is 0 Å². The summed E-state index contributed by atoms with van der Waals surface area (Å²) in [6.45, 7) is 5.84. The molecular weight excluding hydrogens is 301 g/mol. The van der Waals surface area contributed by atoms with Crippen molar-refractivity contribution in [2.75, 3.05) is 6.61 Å². The maximum absolute atomic E-state index is 13.4. The molecule has 1 atom stereocenters. The molecule has 0 aliphatic rings. The SMILES string of the molecule is CCOC(C#N)/C=C(\O[Si](C)(C)C)C(F)(F)C(F)(F)F. The standard InChI is InChI=1S/C11H16F5NO2Si/c1-5-18-8(7-17)6-9(19-20(2,3)4)10(12,13)11(14,15)16/h6,8H,5H2,1-4H3/b9-6-. The van der Waals surface area contributed by atoms with E-state index in [0.717, 1.165) is 0 Å². The van der Waals surface area contributed by atoms with E-state index in [4.69, 9.17) is 14.4 Å². The Balaban J connectivity index is 5.62. The average Bonchev–Trinajstić information content (AvgIpc) is 2.23. The van der Waals surface area contributed by atoms with Gasteiger partial charge in [0.2, 0.25) is 8.32 Å². The summed E-state index contributed by atoms with van der Waals surface area (Å²) in [4.78, 5) is 0. The van der Waals surface area contributed by atoms with E-state index < -0.39 is 32.3 Å². The summed E-state index contributed by atoms with van der Waals surface area (Å²) in [6.07, 6.45) is -6.94. The molecule has 0 aromatic carbocycles. The highest BCUT2D eigenvalue weighted by molar-refractivity contribution is 6.70. The highest BCUT2D eigenvalue weighted by Gasteiger charge is 2.62. The lowest BCUT2D eigenvalue weighted by atomic mass is 10.2. The first-order valence-electron chi connectivity index (χ1n) is 5.72. The predicted octanol–water partition coefficient (Wildman–Crippen LogP) is 3.85. The fourth-order valence-corrected chi connectivity index (χ4v) is 1.97. The maximum Gasteiger partial charge on any atom is 0.461 e. The van der Waals surface area contributed by atoms with Crippen molar-refractivity contribution in [2.24, 2.45) is 0 Å². The van der Waals surface area contributed by atoms with Gasteiger partial charge in [0.25, 0.3) is 0 Å². The minimum atomic E-state index is -5.80. The summed E-state index contributed by atoms with van der Waals surface area (Å²) in [6, 6.07) is 1.48. The largest absolute Gasteiger partial charge is 0.543 e. The van der Waals surface area contributed by atoms with Crippen LogP contribution in [-0.2, 0) is 9.16 Å². The van der Waals surface area contributed by atoms with Crippen LogP contribution in [-0.4, -0.2) is 33.1 Å². The summed E-state index contributed by atoms with van der Waals surface area (Å²) in [7, 11) is -2.72. The zero-order valence-corrected chi connectivity index (χ0v) is 12.5. The molecule has 0 aromatic rings. The van der Waals surface area contributed by atoms with Gasteiger partial charge in [-0.05, 0) is 26.6 Å². The topological polar surface area (TPSA) is 42.2 Å². The van der Waals surface area contributed by atoms with Crippen LogP contribution in [0.4, 0.5) is 22.0 Å². The molecule has 0 radical (unpaired) electrons. The molecule has 0 saturated heterocycles. The van der Waals surface area contributed by atoms with Gasteiger partial charge in [0.05, 0.1) is 6.07 Å². The molecule has 0 saturated carbocycles. The minimum Gasteiger partial charge on any atom is -0.543 e. The summed E-state index contributed by atoms with van der Waals surface area (Å²) in [5, 5.41) is 8.68. The predicted molar refractivity (Wildman–Crippen MR) is 64.5 cm³/mol. The fourth-order valence-electron chi connectivity index (χ4n) is 1.11. The molecule has 116 valence electrons. The molecule has 0 N–H and O–H groups in total. The Morgan fingerprint density at radius 3 is 2.05 bits per heavy atom. The van der Waals surface area contributed by atoms with E-state index in [1.165, 1.54) is 32.6 Å². The fraction of sp³-hybridized carbons (Fsp3) is 0.727. The molecule has 0 rings (SSSR count). The van der Waals surface area contributed by atoms with E-state index in [-0.39, 0.29) is 6.61 Å². The number of hydrogen-bond donors (Lipinski definition) is 0. The van der Waals surface area contributed by atoms with Gasteiger partial charge in [0.1, 0.15) is 0 Å². The second-order valence-corrected chi connectivity index (χ2v) is 9.25. The van der Waals surface area contributed by atoms with Crippen molar-refractivity contribution in [1.29, 1.82) is 5.26 Å². The summed E-state index contributed by atoms with van der Waals surface area (Å²) in [5.74, 6) is -6.75. The van der Waals surface area contributed by atoms with E-state index in [1.807, 2.05) is 0 Å². The number of nitriles is 1. The van der Waals surface area contributed by atoms with Crippen LogP contribution in [0.25, 0.3) is 0 Å². The summed E-state index contributed by atoms with van der Waals surface area (Å²) in [5.41, 5.74) is 0. The van der Waals surface area contributed by atoms with Crippen molar-refractivity contribution in [2.45, 2.75) is 44.8 Å². The number of halogens is 5. The number of ether oxygens (including phenoxy) is 1. The molecular formula is C11H16F5NO2Si. The Morgan fingerprint density at radius 2 is 1.75 bits per heavy atom. The lowest BCUT2D eigenvalue weighted by Crippen LogP contribution is -2.43. The van der Waals surface area contributed by atoms with Gasteiger partial charge < -0.3 is 9.16 Å². The van der Waals surface area contributed by atoms with Crippen molar-refractivity contribution in [3.8, 4) is 6.07 Å². The molecule has 3 nitrogen and oxygen atoms in total. The van der Waals surface area contributed by atoms with Crippen LogP contribution in [0.3, 0.4) is 0 Å². The normalized spacial score (nSPS) is 15.7. The molecule has 0 aliphatic heterocycles. The number of allylic oxidation sites excluding steroid dienone is 1. The highest BCUT2D eigenvalue weighted by atomic mass is 28.4. The van der Waals surface area contributed by atoms with E-state index in [0.29, 0.717) is 6.08 Å². The smallest absolute Gasteiger partial charge is 0.461 e. The van der Waals surface area contributed by atoms with E-state index >= 15 is 0 Å². The monoisotopic (exact) mass is 317 g/mol. The van der Waals surface area contributed by atoms with Gasteiger partial charge in [-0.3, -0.25) is 0 Å². The first kappa shape index (κ1) is 18.9. The Kier molecular flexibility index (Phi) is 6.17. The van der Waals surface area contributed by atoms with Crippen LogP contribution in [0.2, 0.25) is 19.6 Å². The zero-order valence-electron chi connectivity index (χ0n) is 11.5. The Labute approximate surface area is 115 Å². The second kappa shape index (κ2) is 6.54. The lowest BCUT2D eigenvalue weighted by Gasteiger charge is -2.29. The number of rotatable bonds is 6. The van der Waals surface area contributed by atoms with Crippen LogP contribution in [0.1, 0.15) is 6.92 Å². The van der Waals surface area contributed by atoms with Crippen LogP contribution < -0.4 is 0 Å². The average molecular weight is 317 g/mol. The van der Waals surface area contributed by atoms with Crippen molar-refractivity contribution < 1.29 is 31.1 Å². The first-order chi connectivity index (χ1) is 8.85. The third kappa shape index (κ3) is 5.46. The molecule has 0 spiro atoms. The van der Waals surface area contributed by atoms with Gasteiger partial charge in [-0.25, -0.2) is 0 Å². The molecule has 0 heterocycles. The van der Waals surface area contributed by atoms with E-state index in [2.05, 4.69) is 0 Å². The number of alkyl halides is 5. The van der Waals surface area contributed by atoms with Crippen LogP contribution in [0, 0.1) is 11.3 Å².